The fourth-order valence-corrected chi connectivity index (χ4v) is 4.05. The topological polar surface area (TPSA) is 97.0 Å². The lowest BCUT2D eigenvalue weighted by Crippen LogP contribution is -2.38. The lowest BCUT2D eigenvalue weighted by atomic mass is 10.1. The third-order valence-electron chi connectivity index (χ3n) is 5.75. The number of hydrogen-bond acceptors (Lipinski definition) is 5. The number of aryl methyl sites for hydroxylation is 2. The van der Waals surface area contributed by atoms with Crippen molar-refractivity contribution in [2.45, 2.75) is 27.4 Å². The molecule has 0 aromatic heterocycles. The largest absolute Gasteiger partial charge is 0.490 e. The summed E-state index contributed by atoms with van der Waals surface area (Å²) < 4.78 is 11.7. The molecule has 9 heteroatoms. The monoisotopic (exact) mass is 533 g/mol. The van der Waals surface area contributed by atoms with Crippen molar-refractivity contribution in [2.24, 2.45) is 0 Å². The lowest BCUT2D eigenvalue weighted by Gasteiger charge is -2.15. The second kappa shape index (κ2) is 11.8. The van der Waals surface area contributed by atoms with Crippen LogP contribution in [0.25, 0.3) is 6.08 Å². The highest BCUT2D eigenvalue weighted by Crippen LogP contribution is 2.38. The first kappa shape index (κ1) is 26.8. The van der Waals surface area contributed by atoms with E-state index in [1.54, 1.807) is 24.3 Å². The Kier molecular flexibility index (Phi) is 8.33. The Bertz CT molecular complexity index is 1380. The molecule has 1 heterocycles. The van der Waals surface area contributed by atoms with E-state index < -0.39 is 24.4 Å². The average molecular weight is 534 g/mol. The summed E-state index contributed by atoms with van der Waals surface area (Å²) in [5.74, 6) is -0.323. The van der Waals surface area contributed by atoms with Gasteiger partial charge in [-0.2, -0.15) is 0 Å². The molecule has 4 amide bonds. The summed E-state index contributed by atoms with van der Waals surface area (Å²) in [6.45, 7) is 6.03. The Balaban J connectivity index is 1.48. The van der Waals surface area contributed by atoms with Gasteiger partial charge in [0, 0.05) is 5.69 Å². The molecule has 1 saturated heterocycles. The van der Waals surface area contributed by atoms with Crippen LogP contribution in [0, 0.1) is 13.8 Å². The standard InChI is InChI=1S/C29H28ClN3O5/c1-4-37-25-15-21(13-23(30)27(25)38-17-20-9-5-18(2)6-10-20)14-24-28(35)33(29(36)32-24)16-26(34)31-22-11-7-19(3)8-12-22/h5-15H,4,16-17H2,1-3H3,(H,31,34)(H,32,36)/b24-14+. The van der Waals surface area contributed by atoms with Crippen LogP contribution >= 0.6 is 11.6 Å². The van der Waals surface area contributed by atoms with Crippen LogP contribution in [0.3, 0.4) is 0 Å². The molecule has 2 N–H and O–H groups in total. The number of carbonyl (C=O) groups is 3. The van der Waals surface area contributed by atoms with E-state index in [-0.39, 0.29) is 5.70 Å². The Morgan fingerprint density at radius 1 is 1.00 bits per heavy atom. The summed E-state index contributed by atoms with van der Waals surface area (Å²) in [5.41, 5.74) is 4.29. The molecule has 196 valence electrons. The minimum atomic E-state index is -0.686. The van der Waals surface area contributed by atoms with Crippen LogP contribution in [0.4, 0.5) is 10.5 Å². The van der Waals surface area contributed by atoms with Crippen molar-refractivity contribution in [1.29, 1.82) is 0 Å². The third kappa shape index (κ3) is 6.52. The van der Waals surface area contributed by atoms with Gasteiger partial charge in [-0.1, -0.05) is 59.1 Å². The third-order valence-corrected chi connectivity index (χ3v) is 6.03. The molecule has 0 radical (unpaired) electrons. The summed E-state index contributed by atoms with van der Waals surface area (Å²) in [5, 5.41) is 5.49. The number of rotatable bonds is 9. The van der Waals surface area contributed by atoms with E-state index in [2.05, 4.69) is 10.6 Å². The summed E-state index contributed by atoms with van der Waals surface area (Å²) in [6.07, 6.45) is 1.48. The number of hydrogen-bond donors (Lipinski definition) is 2. The van der Waals surface area contributed by atoms with Gasteiger partial charge in [-0.05, 0) is 62.2 Å². The Morgan fingerprint density at radius 2 is 1.66 bits per heavy atom. The lowest BCUT2D eigenvalue weighted by molar-refractivity contribution is -0.127. The highest BCUT2D eigenvalue weighted by molar-refractivity contribution is 6.32. The molecule has 3 aromatic rings. The molecule has 4 rings (SSSR count). The molecular weight excluding hydrogens is 506 g/mol. The molecule has 38 heavy (non-hydrogen) atoms. The van der Waals surface area contributed by atoms with E-state index in [4.69, 9.17) is 21.1 Å². The van der Waals surface area contributed by atoms with Gasteiger partial charge in [-0.15, -0.1) is 0 Å². The van der Waals surface area contributed by atoms with Crippen molar-refractivity contribution >= 4 is 41.2 Å². The number of nitrogens with one attached hydrogen (secondary N) is 2. The summed E-state index contributed by atoms with van der Waals surface area (Å²) in [6, 6.07) is 17.8. The number of carbonyl (C=O) groups excluding carboxylic acids is 3. The first-order valence-electron chi connectivity index (χ1n) is 12.1. The van der Waals surface area contributed by atoms with Gasteiger partial charge in [0.2, 0.25) is 5.91 Å². The minimum absolute atomic E-state index is 0.0185. The van der Waals surface area contributed by atoms with Crippen LogP contribution in [0.15, 0.2) is 66.4 Å². The van der Waals surface area contributed by atoms with Crippen molar-refractivity contribution in [2.75, 3.05) is 18.5 Å². The van der Waals surface area contributed by atoms with Crippen molar-refractivity contribution in [3.8, 4) is 11.5 Å². The summed E-state index contributed by atoms with van der Waals surface area (Å²) in [7, 11) is 0. The second-order valence-electron chi connectivity index (χ2n) is 8.83. The van der Waals surface area contributed by atoms with E-state index in [0.717, 1.165) is 21.6 Å². The van der Waals surface area contributed by atoms with Crippen LogP contribution in [0.1, 0.15) is 29.2 Å². The van der Waals surface area contributed by atoms with Crippen molar-refractivity contribution in [3.05, 3.63) is 93.6 Å². The van der Waals surface area contributed by atoms with E-state index in [9.17, 15) is 14.4 Å². The number of ether oxygens (including phenoxy) is 2. The zero-order valence-electron chi connectivity index (χ0n) is 21.3. The number of urea groups is 1. The number of halogens is 1. The van der Waals surface area contributed by atoms with Crippen LogP contribution in [0.5, 0.6) is 11.5 Å². The Hall–Kier alpha value is -4.30. The SMILES string of the molecule is CCOc1cc(/C=C2/NC(=O)N(CC(=O)Nc3ccc(C)cc3)C2=O)cc(Cl)c1OCc1ccc(C)cc1. The number of nitrogens with zero attached hydrogens (tertiary/aromatic N) is 1. The van der Waals surface area contributed by atoms with Gasteiger partial charge >= 0.3 is 6.03 Å². The van der Waals surface area contributed by atoms with E-state index in [1.165, 1.54) is 6.08 Å². The van der Waals surface area contributed by atoms with Gasteiger partial charge in [0.05, 0.1) is 11.6 Å². The zero-order chi connectivity index (χ0) is 27.2. The van der Waals surface area contributed by atoms with E-state index in [1.807, 2.05) is 57.2 Å². The highest BCUT2D eigenvalue weighted by Gasteiger charge is 2.35. The smallest absolute Gasteiger partial charge is 0.329 e. The van der Waals surface area contributed by atoms with Crippen molar-refractivity contribution < 1.29 is 23.9 Å². The molecule has 0 saturated carbocycles. The minimum Gasteiger partial charge on any atom is -0.490 e. The fraction of sp³-hybridized carbons (Fsp3) is 0.207. The Morgan fingerprint density at radius 3 is 2.32 bits per heavy atom. The van der Waals surface area contributed by atoms with Gasteiger partial charge in [-0.25, -0.2) is 9.69 Å². The molecule has 1 fully saturated rings. The van der Waals surface area contributed by atoms with Crippen LogP contribution in [0.2, 0.25) is 5.02 Å². The first-order valence-corrected chi connectivity index (χ1v) is 12.5. The van der Waals surface area contributed by atoms with Gasteiger partial charge in [0.1, 0.15) is 18.8 Å². The molecule has 1 aliphatic rings. The maximum Gasteiger partial charge on any atom is 0.329 e. The summed E-state index contributed by atoms with van der Waals surface area (Å²) in [4.78, 5) is 38.6. The predicted octanol–water partition coefficient (Wildman–Crippen LogP) is 5.47. The highest BCUT2D eigenvalue weighted by atomic mass is 35.5. The van der Waals surface area contributed by atoms with Crippen molar-refractivity contribution in [3.63, 3.8) is 0 Å². The molecule has 0 aliphatic carbocycles. The number of benzene rings is 3. The van der Waals surface area contributed by atoms with Gasteiger partial charge in [-0.3, -0.25) is 9.59 Å². The molecule has 8 nitrogen and oxygen atoms in total. The molecule has 0 unspecified atom stereocenters. The number of amides is 4. The molecule has 0 spiro atoms. The van der Waals surface area contributed by atoms with Crippen LogP contribution < -0.4 is 20.1 Å². The quantitative estimate of drug-likeness (QED) is 0.281. The van der Waals surface area contributed by atoms with Crippen molar-refractivity contribution in [1.82, 2.24) is 10.2 Å². The number of imide groups is 1. The predicted molar refractivity (Wildman–Crippen MR) is 146 cm³/mol. The molecule has 1 aliphatic heterocycles. The fourth-order valence-electron chi connectivity index (χ4n) is 3.78. The van der Waals surface area contributed by atoms with Gasteiger partial charge in [0.15, 0.2) is 11.5 Å². The van der Waals surface area contributed by atoms with E-state index >= 15 is 0 Å². The molecular formula is C29H28ClN3O5. The maximum absolute atomic E-state index is 12.9. The van der Waals surface area contributed by atoms with Gasteiger partial charge < -0.3 is 20.1 Å². The van der Waals surface area contributed by atoms with Gasteiger partial charge in [0.25, 0.3) is 5.91 Å². The molecule has 0 bridgehead atoms. The zero-order valence-corrected chi connectivity index (χ0v) is 22.1. The average Bonchev–Trinajstić information content (AvgIpc) is 3.13. The molecule has 3 aromatic carbocycles. The van der Waals surface area contributed by atoms with E-state index in [0.29, 0.717) is 41.0 Å². The van der Waals surface area contributed by atoms with Crippen LogP contribution in [-0.4, -0.2) is 35.9 Å². The second-order valence-corrected chi connectivity index (χ2v) is 9.24. The van der Waals surface area contributed by atoms with Crippen LogP contribution in [-0.2, 0) is 16.2 Å². The Labute approximate surface area is 226 Å². The normalized spacial score (nSPS) is 14.0. The number of anilines is 1. The first-order chi connectivity index (χ1) is 18.2. The maximum atomic E-state index is 12.9. The summed E-state index contributed by atoms with van der Waals surface area (Å²) >= 11 is 6.53. The molecule has 0 atom stereocenters.